The Hall–Kier alpha value is -3.77. The zero-order valence-corrected chi connectivity index (χ0v) is 19.3. The largest absolute Gasteiger partial charge is 0.573 e. The van der Waals surface area contributed by atoms with Crippen molar-refractivity contribution in [1.29, 1.82) is 0 Å². The van der Waals surface area contributed by atoms with E-state index in [4.69, 9.17) is 14.6 Å². The first-order valence-corrected chi connectivity index (χ1v) is 12.2. The molecule has 0 atom stereocenters. The van der Waals surface area contributed by atoms with Gasteiger partial charge in [0.25, 0.3) is 0 Å². The van der Waals surface area contributed by atoms with Crippen molar-refractivity contribution in [3.05, 3.63) is 66.2 Å². The molecule has 0 saturated heterocycles. The molecule has 0 aromatic heterocycles. The highest BCUT2D eigenvalue weighted by molar-refractivity contribution is 7.89. The number of benzene rings is 3. The lowest BCUT2D eigenvalue weighted by Gasteiger charge is -2.18. The topological polar surface area (TPSA) is 117 Å². The van der Waals surface area contributed by atoms with E-state index in [0.29, 0.717) is 24.3 Å². The van der Waals surface area contributed by atoms with Gasteiger partial charge in [-0.1, -0.05) is 18.2 Å². The number of rotatable bonds is 6. The second-order valence-electron chi connectivity index (χ2n) is 8.43. The molecular formula is C24H23F3N2O6S. The first kappa shape index (κ1) is 23.9. The van der Waals surface area contributed by atoms with Gasteiger partial charge in [-0.15, -0.1) is 13.2 Å². The van der Waals surface area contributed by atoms with E-state index in [-0.39, 0.29) is 37.3 Å². The quantitative estimate of drug-likeness (QED) is 0.479. The highest BCUT2D eigenvalue weighted by Crippen LogP contribution is 2.51. The number of halogens is 3. The molecule has 2 aliphatic rings. The molecule has 8 nitrogen and oxygen atoms in total. The molecule has 3 aromatic rings. The summed E-state index contributed by atoms with van der Waals surface area (Å²) in [6, 6.07) is 14.0. The number of hydrogen-bond acceptors (Lipinski definition) is 6. The molecule has 1 aliphatic carbocycles. The van der Waals surface area contributed by atoms with Crippen LogP contribution in [0, 0.1) is 0 Å². The number of anilines is 1. The molecule has 1 aliphatic heterocycles. The van der Waals surface area contributed by atoms with Gasteiger partial charge in [-0.05, 0) is 66.4 Å². The van der Waals surface area contributed by atoms with Gasteiger partial charge < -0.3 is 19.5 Å². The number of carbonyl (C=O) groups is 1. The molecule has 1 heterocycles. The minimum Gasteiger partial charge on any atom is -0.454 e. The number of fused-ring (bicyclic) bond motifs is 1. The van der Waals surface area contributed by atoms with Crippen LogP contribution < -0.4 is 24.7 Å². The molecule has 1 fully saturated rings. The predicted octanol–water partition coefficient (Wildman–Crippen LogP) is 4.79. The van der Waals surface area contributed by atoms with E-state index >= 15 is 0 Å². The molecule has 0 unspecified atom stereocenters. The van der Waals surface area contributed by atoms with Gasteiger partial charge >= 0.3 is 6.36 Å². The Bertz CT molecular complexity index is 1460. The lowest BCUT2D eigenvalue weighted by atomic mass is 9.94. The van der Waals surface area contributed by atoms with Crippen molar-refractivity contribution in [3.63, 3.8) is 0 Å². The summed E-state index contributed by atoms with van der Waals surface area (Å²) in [5.41, 5.74) is 0.431. The van der Waals surface area contributed by atoms with Crippen LogP contribution in [0.1, 0.15) is 21.3 Å². The van der Waals surface area contributed by atoms with Crippen molar-refractivity contribution in [2.24, 2.45) is 5.14 Å². The van der Waals surface area contributed by atoms with Crippen molar-refractivity contribution in [1.82, 2.24) is 0 Å². The van der Waals surface area contributed by atoms with Crippen LogP contribution in [0.25, 0.3) is 11.1 Å². The maximum Gasteiger partial charge on any atom is 0.573 e. The van der Waals surface area contributed by atoms with Gasteiger partial charge in [0.05, 0.1) is 10.3 Å². The third-order valence-corrected chi connectivity index (χ3v) is 7.00. The molecule has 12 heteroatoms. The Morgan fingerprint density at radius 3 is 2.33 bits per heavy atom. The van der Waals surface area contributed by atoms with Gasteiger partial charge in [-0.25, -0.2) is 13.6 Å². The summed E-state index contributed by atoms with van der Waals surface area (Å²) in [6.45, 7) is 0.102. The number of hydrogen-bond donors (Lipinski definition) is 2. The Balaban J connectivity index is 0.00000200. The molecule has 0 bridgehead atoms. The van der Waals surface area contributed by atoms with Gasteiger partial charge in [0, 0.05) is 14.1 Å². The second kappa shape index (κ2) is 8.42. The molecule has 0 spiro atoms. The maximum atomic E-state index is 13.2. The lowest BCUT2D eigenvalue weighted by molar-refractivity contribution is -0.274. The number of sulfonamides is 1. The number of nitrogens with one attached hydrogen (secondary N) is 1. The monoisotopic (exact) mass is 524 g/mol. The van der Waals surface area contributed by atoms with Crippen molar-refractivity contribution < 1.29 is 43.4 Å². The molecule has 1 saturated carbocycles. The fraction of sp³-hybridized carbons (Fsp3) is 0.208. The maximum absolute atomic E-state index is 13.2. The first-order chi connectivity index (χ1) is 16.9. The minimum absolute atomic E-state index is 0. The number of ether oxygens (including phenoxy) is 3. The summed E-state index contributed by atoms with van der Waals surface area (Å²) in [5, 5.41) is 7.88. The van der Waals surface area contributed by atoms with Gasteiger partial charge in [0.1, 0.15) is 5.75 Å². The molecule has 5 rings (SSSR count). The van der Waals surface area contributed by atoms with Crippen LogP contribution in [0.15, 0.2) is 65.6 Å². The van der Waals surface area contributed by atoms with Gasteiger partial charge in [-0.2, -0.15) is 0 Å². The number of alkyl halides is 3. The van der Waals surface area contributed by atoms with E-state index in [2.05, 4.69) is 10.1 Å². The number of carbonyl (C=O) groups excluding carboxylic acids is 1. The average molecular weight is 525 g/mol. The predicted molar refractivity (Wildman–Crippen MR) is 126 cm³/mol. The summed E-state index contributed by atoms with van der Waals surface area (Å²) in [7, 11) is -3.99. The number of amides is 1. The summed E-state index contributed by atoms with van der Waals surface area (Å²) in [6.07, 6.45) is -3.78. The first-order valence-electron chi connectivity index (χ1n) is 10.7. The van der Waals surface area contributed by atoms with Crippen molar-refractivity contribution in [2.45, 2.75) is 29.5 Å². The molecule has 36 heavy (non-hydrogen) atoms. The van der Waals surface area contributed by atoms with Crippen LogP contribution in [0.5, 0.6) is 17.2 Å². The van der Waals surface area contributed by atoms with Crippen LogP contribution in [-0.2, 0) is 20.2 Å². The van der Waals surface area contributed by atoms with Crippen molar-refractivity contribution >= 4 is 21.6 Å². The third kappa shape index (κ3) is 4.69. The Morgan fingerprint density at radius 1 is 1.00 bits per heavy atom. The van der Waals surface area contributed by atoms with Crippen LogP contribution in [0.2, 0.25) is 0 Å². The van der Waals surface area contributed by atoms with E-state index < -0.39 is 27.6 Å². The van der Waals surface area contributed by atoms with Gasteiger partial charge in [-0.3, -0.25) is 4.79 Å². The van der Waals surface area contributed by atoms with Crippen LogP contribution in [-0.4, -0.2) is 27.5 Å². The number of nitrogens with two attached hydrogens (primary N) is 1. The smallest absolute Gasteiger partial charge is 0.454 e. The van der Waals surface area contributed by atoms with E-state index in [1.807, 2.05) is 0 Å². The summed E-state index contributed by atoms with van der Waals surface area (Å²) < 4.78 is 77.0. The average Bonchev–Trinajstić information content (AvgIpc) is 3.49. The molecule has 3 aromatic carbocycles. The molecule has 1 amide bonds. The fourth-order valence-corrected chi connectivity index (χ4v) is 4.60. The van der Waals surface area contributed by atoms with E-state index in [0.717, 1.165) is 11.6 Å². The van der Waals surface area contributed by atoms with Crippen LogP contribution in [0.3, 0.4) is 0 Å². The zero-order valence-electron chi connectivity index (χ0n) is 18.5. The highest BCUT2D eigenvalue weighted by Gasteiger charge is 2.51. The summed E-state index contributed by atoms with van der Waals surface area (Å²) in [5.74, 6) is 0.306. The van der Waals surface area contributed by atoms with Crippen molar-refractivity contribution in [3.8, 4) is 28.4 Å². The van der Waals surface area contributed by atoms with E-state index in [1.54, 1.807) is 18.2 Å². The van der Waals surface area contributed by atoms with E-state index in [9.17, 15) is 26.4 Å². The fourth-order valence-electron chi connectivity index (χ4n) is 4.09. The third-order valence-electron chi connectivity index (χ3n) is 6.07. The Kier molecular flexibility index (Phi) is 5.60. The summed E-state index contributed by atoms with van der Waals surface area (Å²) >= 11 is 0. The van der Waals surface area contributed by atoms with Gasteiger partial charge in [0.15, 0.2) is 11.5 Å². The standard InChI is InChI=1S/C24H19F3N2O6S.2H2/c25-24(26,27)35-19-8-4-16(12-18(19)14-1-5-17(6-2-14)36(28,31)32)29-22(30)23(9-10-23)15-3-7-20-21(11-15)34-13-33-20;;/h1-8,11-12H,9-10,13H2,(H,29,30)(H2,28,31,32);2*1H. The van der Waals surface area contributed by atoms with Crippen LogP contribution in [0.4, 0.5) is 18.9 Å². The Morgan fingerprint density at radius 2 is 1.69 bits per heavy atom. The Labute approximate surface area is 206 Å². The van der Waals surface area contributed by atoms with Crippen molar-refractivity contribution in [2.75, 3.05) is 12.1 Å². The molecule has 192 valence electrons. The number of primary sulfonamides is 1. The summed E-state index contributed by atoms with van der Waals surface area (Å²) in [4.78, 5) is 13.0. The molecule has 0 radical (unpaired) electrons. The molecular weight excluding hydrogens is 501 g/mol. The van der Waals surface area contributed by atoms with Crippen LogP contribution >= 0.6 is 0 Å². The normalized spacial score (nSPS) is 15.9. The highest BCUT2D eigenvalue weighted by atomic mass is 32.2. The SMILES string of the molecule is NS(=O)(=O)c1ccc(-c2cc(NC(=O)C3(c4ccc5c(c4)OCO5)CC3)ccc2OC(F)(F)F)cc1.[HH].[HH]. The molecule has 3 N–H and O–H groups in total. The minimum atomic E-state index is -4.96. The second-order valence-corrected chi connectivity index (χ2v) is 9.99. The zero-order chi connectivity index (χ0) is 25.7. The van der Waals surface area contributed by atoms with Gasteiger partial charge in [0.2, 0.25) is 22.7 Å². The lowest BCUT2D eigenvalue weighted by Crippen LogP contribution is -2.27. The van der Waals surface area contributed by atoms with E-state index in [1.165, 1.54) is 36.4 Å².